The largest absolute Gasteiger partial charge is 0.438 e. The van der Waals surface area contributed by atoms with Crippen molar-refractivity contribution in [3.05, 3.63) is 74.5 Å². The number of ether oxygens (including phenoxy) is 1. The molecule has 8 heteroatoms. The lowest BCUT2D eigenvalue weighted by Gasteiger charge is -2.16. The van der Waals surface area contributed by atoms with Gasteiger partial charge in [-0.1, -0.05) is 56.0 Å². The van der Waals surface area contributed by atoms with Gasteiger partial charge in [0.05, 0.1) is 4.91 Å². The van der Waals surface area contributed by atoms with Crippen LogP contribution in [0.1, 0.15) is 30.5 Å². The Morgan fingerprint density at radius 1 is 1.19 bits per heavy atom. The lowest BCUT2D eigenvalue weighted by atomic mass is 10.2. The maximum Gasteiger partial charge on any atom is 0.269 e. The van der Waals surface area contributed by atoms with Gasteiger partial charge >= 0.3 is 0 Å². The molecule has 164 valence electrons. The molecule has 1 aromatic carbocycles. The lowest BCUT2D eigenvalue weighted by molar-refractivity contribution is -0.122. The van der Waals surface area contributed by atoms with E-state index in [2.05, 4.69) is 4.98 Å². The number of thioether (sulfide) groups is 1. The van der Waals surface area contributed by atoms with Gasteiger partial charge in [-0.05, 0) is 55.2 Å². The molecule has 0 bridgehead atoms. The van der Waals surface area contributed by atoms with Crippen LogP contribution in [0.15, 0.2) is 52.3 Å². The van der Waals surface area contributed by atoms with Gasteiger partial charge in [-0.3, -0.25) is 18.9 Å². The van der Waals surface area contributed by atoms with Crippen LogP contribution in [0.2, 0.25) is 0 Å². The normalized spacial score (nSPS) is 15.4. The maximum atomic E-state index is 13.4. The molecule has 0 unspecified atom stereocenters. The van der Waals surface area contributed by atoms with Crippen LogP contribution in [0.25, 0.3) is 11.7 Å². The van der Waals surface area contributed by atoms with Crippen LogP contribution in [-0.2, 0) is 4.79 Å². The third kappa shape index (κ3) is 4.33. The average Bonchev–Trinajstić information content (AvgIpc) is 2.99. The van der Waals surface area contributed by atoms with Gasteiger partial charge in [0.1, 0.15) is 21.3 Å². The fourth-order valence-electron chi connectivity index (χ4n) is 3.44. The molecule has 0 spiro atoms. The van der Waals surface area contributed by atoms with Crippen molar-refractivity contribution in [2.75, 3.05) is 6.54 Å². The SMILES string of the molecule is Cc1cccc(Oc2nc3c(C)cccn3c(=O)c2/C=C2/SC(=S)N(CC(C)C)C2=O)c1. The van der Waals surface area contributed by atoms with Crippen molar-refractivity contribution in [3.63, 3.8) is 0 Å². The predicted octanol–water partition coefficient (Wildman–Crippen LogP) is 4.96. The summed E-state index contributed by atoms with van der Waals surface area (Å²) in [7, 11) is 0. The summed E-state index contributed by atoms with van der Waals surface area (Å²) in [5.41, 5.74) is 2.26. The zero-order valence-corrected chi connectivity index (χ0v) is 19.9. The van der Waals surface area contributed by atoms with E-state index in [9.17, 15) is 9.59 Å². The number of benzene rings is 1. The quantitative estimate of drug-likeness (QED) is 0.392. The third-order valence-corrected chi connectivity index (χ3v) is 6.33. The van der Waals surface area contributed by atoms with E-state index in [4.69, 9.17) is 17.0 Å². The summed E-state index contributed by atoms with van der Waals surface area (Å²) in [4.78, 5) is 33.0. The molecule has 1 saturated heterocycles. The molecule has 1 fully saturated rings. The van der Waals surface area contributed by atoms with Gasteiger partial charge < -0.3 is 4.74 Å². The van der Waals surface area contributed by atoms with E-state index in [-0.39, 0.29) is 28.8 Å². The van der Waals surface area contributed by atoms with Crippen LogP contribution >= 0.6 is 24.0 Å². The summed E-state index contributed by atoms with van der Waals surface area (Å²) in [5, 5.41) is 0. The summed E-state index contributed by atoms with van der Waals surface area (Å²) in [5.74, 6) is 0.790. The number of rotatable bonds is 5. The summed E-state index contributed by atoms with van der Waals surface area (Å²) in [6.45, 7) is 8.43. The Bertz CT molecular complexity index is 1330. The van der Waals surface area contributed by atoms with Gasteiger partial charge in [-0.2, -0.15) is 4.98 Å². The molecular weight excluding hydrogens is 442 g/mol. The van der Waals surface area contributed by atoms with Gasteiger partial charge in [0, 0.05) is 12.7 Å². The van der Waals surface area contributed by atoms with Gasteiger partial charge in [0.2, 0.25) is 5.88 Å². The van der Waals surface area contributed by atoms with Crippen LogP contribution < -0.4 is 10.3 Å². The second kappa shape index (κ2) is 8.88. The Balaban J connectivity index is 1.87. The summed E-state index contributed by atoms with van der Waals surface area (Å²) < 4.78 is 8.02. The summed E-state index contributed by atoms with van der Waals surface area (Å²) in [6.07, 6.45) is 3.21. The zero-order chi connectivity index (χ0) is 23.0. The number of carbonyl (C=O) groups excluding carboxylic acids is 1. The highest BCUT2D eigenvalue weighted by molar-refractivity contribution is 8.26. The van der Waals surface area contributed by atoms with Crippen molar-refractivity contribution in [2.24, 2.45) is 5.92 Å². The van der Waals surface area contributed by atoms with Crippen molar-refractivity contribution >= 4 is 45.9 Å². The number of thiocarbonyl (C=S) groups is 1. The number of hydrogen-bond donors (Lipinski definition) is 0. The highest BCUT2D eigenvalue weighted by Crippen LogP contribution is 2.34. The van der Waals surface area contributed by atoms with Crippen molar-refractivity contribution in [1.29, 1.82) is 0 Å². The summed E-state index contributed by atoms with van der Waals surface area (Å²) in [6, 6.07) is 11.2. The minimum Gasteiger partial charge on any atom is -0.438 e. The minimum absolute atomic E-state index is 0.157. The molecule has 0 aliphatic carbocycles. The van der Waals surface area contributed by atoms with E-state index in [0.717, 1.165) is 11.1 Å². The van der Waals surface area contributed by atoms with Crippen molar-refractivity contribution in [3.8, 4) is 11.6 Å². The molecular formula is C24H23N3O3S2. The smallest absolute Gasteiger partial charge is 0.269 e. The second-order valence-electron chi connectivity index (χ2n) is 8.13. The lowest BCUT2D eigenvalue weighted by Crippen LogP contribution is -2.31. The number of pyridine rings is 1. The van der Waals surface area contributed by atoms with Gasteiger partial charge in [-0.25, -0.2) is 0 Å². The average molecular weight is 466 g/mol. The molecule has 6 nitrogen and oxygen atoms in total. The Kier molecular flexibility index (Phi) is 6.17. The number of amides is 1. The fraction of sp³-hybridized carbons (Fsp3) is 0.250. The molecule has 32 heavy (non-hydrogen) atoms. The molecule has 0 saturated carbocycles. The first-order chi connectivity index (χ1) is 15.2. The maximum absolute atomic E-state index is 13.4. The van der Waals surface area contributed by atoms with Gasteiger partial charge in [0.15, 0.2) is 0 Å². The first-order valence-corrected chi connectivity index (χ1v) is 11.5. The number of aromatic nitrogens is 2. The van der Waals surface area contributed by atoms with Crippen molar-refractivity contribution < 1.29 is 9.53 Å². The summed E-state index contributed by atoms with van der Waals surface area (Å²) >= 11 is 6.60. The second-order valence-corrected chi connectivity index (χ2v) is 9.80. The van der Waals surface area contributed by atoms with Crippen LogP contribution in [0.5, 0.6) is 11.6 Å². The molecule has 2 aromatic heterocycles. The van der Waals surface area contributed by atoms with Gasteiger partial charge in [-0.15, -0.1) is 0 Å². The first-order valence-electron chi connectivity index (χ1n) is 10.3. The van der Waals surface area contributed by atoms with Crippen molar-refractivity contribution in [2.45, 2.75) is 27.7 Å². The molecule has 1 amide bonds. The predicted molar refractivity (Wildman–Crippen MR) is 132 cm³/mol. The van der Waals surface area contributed by atoms with E-state index in [0.29, 0.717) is 27.2 Å². The molecule has 4 rings (SSSR count). The standard InChI is InChI=1S/C24H23N3O3S2/c1-14(2)13-27-23(29)19(32-24(27)31)12-18-21(30-17-9-5-7-15(3)11-17)25-20-16(4)8-6-10-26(20)22(18)28/h5-12,14H,13H2,1-4H3/b19-12+. The molecule has 3 aromatic rings. The number of fused-ring (bicyclic) bond motifs is 1. The Morgan fingerprint density at radius 3 is 2.69 bits per heavy atom. The molecule has 1 aliphatic rings. The zero-order valence-electron chi connectivity index (χ0n) is 18.3. The fourth-order valence-corrected chi connectivity index (χ4v) is 4.69. The highest BCUT2D eigenvalue weighted by Gasteiger charge is 2.33. The molecule has 0 N–H and O–H groups in total. The highest BCUT2D eigenvalue weighted by atomic mass is 32.2. The van der Waals surface area contributed by atoms with Crippen LogP contribution in [0, 0.1) is 19.8 Å². The molecule has 1 aliphatic heterocycles. The molecule has 0 atom stereocenters. The topological polar surface area (TPSA) is 63.9 Å². The Morgan fingerprint density at radius 2 is 1.97 bits per heavy atom. The monoisotopic (exact) mass is 465 g/mol. The third-order valence-electron chi connectivity index (χ3n) is 4.95. The van der Waals surface area contributed by atoms with E-state index < -0.39 is 0 Å². The van der Waals surface area contributed by atoms with E-state index in [1.807, 2.05) is 52.0 Å². The Labute approximate surface area is 195 Å². The number of carbonyl (C=O) groups is 1. The number of aryl methyl sites for hydroxylation is 2. The van der Waals surface area contributed by atoms with Gasteiger partial charge in [0.25, 0.3) is 11.5 Å². The van der Waals surface area contributed by atoms with Crippen LogP contribution in [0.3, 0.4) is 0 Å². The van der Waals surface area contributed by atoms with E-state index in [1.54, 1.807) is 29.3 Å². The van der Waals surface area contributed by atoms with E-state index >= 15 is 0 Å². The first kappa shape index (κ1) is 22.2. The van der Waals surface area contributed by atoms with E-state index in [1.165, 1.54) is 16.2 Å². The molecule has 3 heterocycles. The van der Waals surface area contributed by atoms with Crippen LogP contribution in [0.4, 0.5) is 0 Å². The minimum atomic E-state index is -0.310. The number of hydrogen-bond acceptors (Lipinski definition) is 6. The number of nitrogens with zero attached hydrogens (tertiary/aromatic N) is 3. The van der Waals surface area contributed by atoms with Crippen molar-refractivity contribution in [1.82, 2.24) is 14.3 Å². The Hall–Kier alpha value is -2.97. The molecule has 0 radical (unpaired) electrons. The van der Waals surface area contributed by atoms with Crippen LogP contribution in [-0.4, -0.2) is 31.1 Å².